The molecule has 4 aromatic rings. The molecule has 3 aliphatic rings. The van der Waals surface area contributed by atoms with Crippen LogP contribution in [-0.2, 0) is 15.1 Å². The van der Waals surface area contributed by atoms with Gasteiger partial charge in [-0.3, -0.25) is 14.3 Å². The van der Waals surface area contributed by atoms with E-state index in [4.69, 9.17) is 22.1 Å². The van der Waals surface area contributed by atoms with Gasteiger partial charge in [-0.25, -0.2) is 18.6 Å². The summed E-state index contributed by atoms with van der Waals surface area (Å²) in [5.74, 6) is -2.01. The van der Waals surface area contributed by atoms with Gasteiger partial charge in [0.2, 0.25) is 0 Å². The first-order chi connectivity index (χ1) is 26.4. The normalized spacial score (nSPS) is 20.1. The highest BCUT2D eigenvalue weighted by Crippen LogP contribution is 2.51. The molecule has 2 fully saturated rings. The zero-order valence-electron chi connectivity index (χ0n) is 29.7. The molecule has 298 valence electrons. The first kappa shape index (κ1) is 39.0. The monoisotopic (exact) mass is 810 g/mol. The number of benzene rings is 2. The van der Waals surface area contributed by atoms with E-state index in [9.17, 15) is 40.3 Å². The lowest BCUT2D eigenvalue weighted by molar-refractivity contribution is -0.218. The molecule has 13 nitrogen and oxygen atoms in total. The van der Waals surface area contributed by atoms with Crippen LogP contribution < -0.4 is 11.1 Å². The van der Waals surface area contributed by atoms with Crippen LogP contribution in [0, 0.1) is 5.41 Å². The van der Waals surface area contributed by atoms with Gasteiger partial charge < -0.3 is 15.8 Å². The van der Waals surface area contributed by atoms with Crippen LogP contribution in [0.15, 0.2) is 60.0 Å². The van der Waals surface area contributed by atoms with Gasteiger partial charge in [-0.1, -0.05) is 55.8 Å². The van der Waals surface area contributed by atoms with Gasteiger partial charge in [0.25, 0.3) is 12.3 Å². The molecule has 2 aromatic heterocycles. The van der Waals surface area contributed by atoms with Crippen molar-refractivity contribution in [3.05, 3.63) is 71.1 Å². The number of carbonyl (C=O) groups is 2. The van der Waals surface area contributed by atoms with E-state index in [0.29, 0.717) is 15.8 Å². The minimum Gasteiger partial charge on any atom is -0.447 e. The summed E-state index contributed by atoms with van der Waals surface area (Å²) in [6.07, 6.45) is -5.80. The number of nitrogens with zero attached hydrogens (tertiary/aromatic N) is 8. The molecular formula is C35H34ClF7N10O3. The second-order valence-corrected chi connectivity index (χ2v) is 15.1. The molecule has 2 atom stereocenters. The van der Waals surface area contributed by atoms with Crippen LogP contribution in [0.2, 0.25) is 5.02 Å². The maximum atomic E-state index is 14.9. The number of nitrogens with one attached hydrogen (secondary N) is 1. The molecular weight excluding hydrogens is 777 g/mol. The van der Waals surface area contributed by atoms with Gasteiger partial charge in [-0.05, 0) is 55.4 Å². The fourth-order valence-electron chi connectivity index (χ4n) is 6.60. The highest BCUT2D eigenvalue weighted by atomic mass is 35.5. The maximum Gasteiger partial charge on any atom is 0.407 e. The number of aliphatic imine (C=N–C) groups is 1. The van der Waals surface area contributed by atoms with Crippen molar-refractivity contribution in [2.75, 3.05) is 6.61 Å². The van der Waals surface area contributed by atoms with E-state index < -0.39 is 72.7 Å². The van der Waals surface area contributed by atoms with Crippen molar-refractivity contribution in [2.24, 2.45) is 16.1 Å². The first-order valence-corrected chi connectivity index (χ1v) is 17.7. The lowest BCUT2D eigenvalue weighted by Gasteiger charge is -2.37. The summed E-state index contributed by atoms with van der Waals surface area (Å²) in [5, 5.41) is 18.1. The number of carbonyl (C=O) groups excluding carboxylic acids is 2. The number of hydrogen-bond acceptors (Lipinski definition) is 9. The number of hydrogen-bond donors (Lipinski definition) is 2. The molecule has 21 heteroatoms. The van der Waals surface area contributed by atoms with E-state index in [1.807, 2.05) is 0 Å². The zero-order valence-corrected chi connectivity index (χ0v) is 30.4. The second-order valence-electron chi connectivity index (χ2n) is 14.7. The minimum absolute atomic E-state index is 0.0198. The Kier molecular flexibility index (Phi) is 9.77. The Bertz CT molecular complexity index is 2170. The molecule has 2 aliphatic carbocycles. The van der Waals surface area contributed by atoms with E-state index in [2.05, 4.69) is 30.7 Å². The molecule has 3 N–H and O–H groups in total. The molecule has 2 saturated carbocycles. The van der Waals surface area contributed by atoms with Crippen LogP contribution in [-0.4, -0.2) is 77.4 Å². The lowest BCUT2D eigenvalue weighted by atomic mass is 9.74. The van der Waals surface area contributed by atoms with E-state index in [0.717, 1.165) is 37.9 Å². The number of amides is 2. The van der Waals surface area contributed by atoms with Gasteiger partial charge in [-0.15, -0.1) is 10.2 Å². The Hall–Kier alpha value is -5.27. The van der Waals surface area contributed by atoms with Crippen molar-refractivity contribution in [2.45, 2.75) is 88.3 Å². The number of halogens is 8. The van der Waals surface area contributed by atoms with Crippen molar-refractivity contribution < 1.29 is 45.1 Å². The van der Waals surface area contributed by atoms with Crippen LogP contribution in [0.3, 0.4) is 0 Å². The average molecular weight is 811 g/mol. The number of aromatic nitrogens is 6. The summed E-state index contributed by atoms with van der Waals surface area (Å²) in [4.78, 5) is 34.6. The quantitative estimate of drug-likeness (QED) is 0.135. The summed E-state index contributed by atoms with van der Waals surface area (Å²) in [6, 6.07) is 8.53. The first-order valence-electron chi connectivity index (χ1n) is 17.3. The zero-order chi connectivity index (χ0) is 40.4. The Balaban J connectivity index is 1.29. The summed E-state index contributed by atoms with van der Waals surface area (Å²) < 4.78 is 105. The molecule has 0 saturated heterocycles. The molecule has 56 heavy (non-hydrogen) atoms. The predicted octanol–water partition coefficient (Wildman–Crippen LogP) is 7.18. The smallest absolute Gasteiger partial charge is 0.407 e. The number of alkyl carbamates (subject to hydrolysis) is 1. The Morgan fingerprint density at radius 3 is 2.39 bits per heavy atom. The highest BCUT2D eigenvalue weighted by molar-refractivity contribution is 6.33. The molecule has 7 rings (SSSR count). The number of guanidine groups is 1. The molecule has 0 unspecified atom stereocenters. The Morgan fingerprint density at radius 1 is 1.09 bits per heavy atom. The third-order valence-electron chi connectivity index (χ3n) is 10.3. The fraction of sp³-hybridized carbons (Fsp3) is 0.457. The van der Waals surface area contributed by atoms with Crippen molar-refractivity contribution in [3.63, 3.8) is 0 Å². The van der Waals surface area contributed by atoms with Gasteiger partial charge in [0.1, 0.15) is 24.2 Å². The van der Waals surface area contributed by atoms with Gasteiger partial charge in [0.05, 0.1) is 28.7 Å². The molecule has 0 radical (unpaired) electrons. The minimum atomic E-state index is -4.82. The van der Waals surface area contributed by atoms with Gasteiger partial charge >= 0.3 is 18.8 Å². The molecule has 0 spiro atoms. The summed E-state index contributed by atoms with van der Waals surface area (Å²) in [5.41, 5.74) is 0.820. The van der Waals surface area contributed by atoms with E-state index in [1.165, 1.54) is 30.3 Å². The number of ether oxygens (including phenoxy) is 1. The van der Waals surface area contributed by atoms with Crippen molar-refractivity contribution in [1.82, 2.24) is 40.0 Å². The highest BCUT2D eigenvalue weighted by Gasteiger charge is 2.59. The molecule has 2 amide bonds. The van der Waals surface area contributed by atoms with Crippen LogP contribution in [0.25, 0.3) is 22.6 Å². The standard InChI is InChI=1S/C35H34ClF7N10O3/c1-32(2,35(41,42)43)16-34(20-6-3-18(4-7-20)24-14-46-53(50-24)21-8-9-21)28(54)52(30(44)47-34)25(15-56-31(55)48-33(11-12-33)27(37)38)19-5-10-23(36)22(13-19)26-49-45-17-51(26)29(39)40/h3-7,10,13-14,17,21,25,27,29H,8-9,11-12,15-16H2,1-2H3,(H2,44,47)(H,48,55)/t25-,34-/m1/s1. The largest absolute Gasteiger partial charge is 0.447 e. The molecule has 1 aliphatic heterocycles. The topological polar surface area (TPSA) is 158 Å². The third-order valence-corrected chi connectivity index (χ3v) is 10.6. The number of rotatable bonds is 13. The van der Waals surface area contributed by atoms with E-state index in [-0.39, 0.29) is 46.4 Å². The Morgan fingerprint density at radius 2 is 1.79 bits per heavy atom. The van der Waals surface area contributed by atoms with E-state index in [1.54, 1.807) is 23.1 Å². The van der Waals surface area contributed by atoms with Crippen LogP contribution in [0.4, 0.5) is 35.5 Å². The van der Waals surface area contributed by atoms with Crippen molar-refractivity contribution >= 4 is 29.6 Å². The predicted molar refractivity (Wildman–Crippen MR) is 185 cm³/mol. The number of nitrogens with two attached hydrogens (primary N) is 1. The van der Waals surface area contributed by atoms with Gasteiger partial charge in [-0.2, -0.15) is 36.9 Å². The van der Waals surface area contributed by atoms with Gasteiger partial charge in [0, 0.05) is 11.1 Å². The summed E-state index contributed by atoms with van der Waals surface area (Å²) >= 11 is 6.40. The molecule has 3 heterocycles. The van der Waals surface area contributed by atoms with Crippen LogP contribution >= 0.6 is 11.6 Å². The SMILES string of the molecule is CC(C)(C[C@]1(c2ccc(-c3cnn(C4CC4)n3)cc2)N=C(N)N([C@H](COC(=O)NC2(C(F)F)CC2)c2ccc(Cl)c(-c3nncn3C(F)F)c2)C1=O)C(F)(F)F. The van der Waals surface area contributed by atoms with Gasteiger partial charge in [0.15, 0.2) is 17.3 Å². The second kappa shape index (κ2) is 14.0. The van der Waals surface area contributed by atoms with Crippen LogP contribution in [0.1, 0.15) is 75.7 Å². The molecule has 0 bridgehead atoms. The van der Waals surface area contributed by atoms with E-state index >= 15 is 0 Å². The van der Waals surface area contributed by atoms with Crippen molar-refractivity contribution in [1.29, 1.82) is 0 Å². The molecule has 2 aromatic carbocycles. The maximum absolute atomic E-state index is 14.9. The average Bonchev–Trinajstić information content (AvgIpc) is 4.00. The lowest BCUT2D eigenvalue weighted by Crippen LogP contribution is -2.49. The number of alkyl halides is 7. The van der Waals surface area contributed by atoms with Crippen LogP contribution in [0.5, 0.6) is 0 Å². The third kappa shape index (κ3) is 7.14. The Labute approximate surface area is 319 Å². The fourth-order valence-corrected chi connectivity index (χ4v) is 6.80. The summed E-state index contributed by atoms with van der Waals surface area (Å²) in [6.45, 7) is -2.07. The summed E-state index contributed by atoms with van der Waals surface area (Å²) in [7, 11) is 0. The van der Waals surface area contributed by atoms with Crippen molar-refractivity contribution in [3.8, 4) is 22.6 Å².